The number of halogens is 3. The molecule has 0 atom stereocenters. The molecule has 0 aliphatic carbocycles. The molecule has 2 nitrogen and oxygen atoms in total. The average Bonchev–Trinajstić information content (AvgIpc) is 2.45. The van der Waals surface area contributed by atoms with E-state index in [9.17, 15) is 9.18 Å². The van der Waals surface area contributed by atoms with Crippen molar-refractivity contribution in [2.24, 2.45) is 0 Å². The lowest BCUT2D eigenvalue weighted by Crippen LogP contribution is -1.99. The highest BCUT2D eigenvalue weighted by Crippen LogP contribution is 2.23. The minimum Gasteiger partial charge on any atom is -0.497 e. The second kappa shape index (κ2) is 6.74. The zero-order valence-corrected chi connectivity index (χ0v) is 12.6. The van der Waals surface area contributed by atoms with Crippen LogP contribution in [0.4, 0.5) is 4.39 Å². The van der Waals surface area contributed by atoms with Crippen molar-refractivity contribution in [2.75, 3.05) is 7.11 Å². The SMILES string of the molecule is COc1ccc(C(=O)C=Cc2ccc(Cl)cc2Cl)c(F)c1. The Balaban J connectivity index is 2.23. The molecule has 0 fully saturated rings. The number of carbonyl (C=O) groups is 1. The first kappa shape index (κ1) is 15.5. The number of carbonyl (C=O) groups excluding carboxylic acids is 1. The third-order valence-electron chi connectivity index (χ3n) is 2.82. The van der Waals surface area contributed by atoms with E-state index >= 15 is 0 Å². The summed E-state index contributed by atoms with van der Waals surface area (Å²) in [7, 11) is 1.43. The van der Waals surface area contributed by atoms with Crippen molar-refractivity contribution in [2.45, 2.75) is 0 Å². The van der Waals surface area contributed by atoms with Gasteiger partial charge in [0.05, 0.1) is 12.7 Å². The van der Waals surface area contributed by atoms with Crippen LogP contribution < -0.4 is 4.74 Å². The Bertz CT molecular complexity index is 711. The molecule has 0 spiro atoms. The first-order valence-electron chi connectivity index (χ1n) is 6.02. The van der Waals surface area contributed by atoms with Crippen molar-refractivity contribution in [3.05, 3.63) is 69.5 Å². The zero-order chi connectivity index (χ0) is 15.4. The molecule has 2 aromatic carbocycles. The van der Waals surface area contributed by atoms with Crippen LogP contribution in [0.2, 0.25) is 10.0 Å². The first-order chi connectivity index (χ1) is 10.0. The van der Waals surface area contributed by atoms with E-state index in [2.05, 4.69) is 0 Å². The Kier molecular flexibility index (Phi) is 4.99. The first-order valence-corrected chi connectivity index (χ1v) is 6.78. The summed E-state index contributed by atoms with van der Waals surface area (Å²) >= 11 is 11.8. The molecule has 0 radical (unpaired) electrons. The van der Waals surface area contributed by atoms with Gasteiger partial charge in [0, 0.05) is 16.1 Å². The quantitative estimate of drug-likeness (QED) is 0.582. The largest absolute Gasteiger partial charge is 0.497 e. The zero-order valence-electron chi connectivity index (χ0n) is 11.1. The molecular formula is C16H11Cl2FO2. The topological polar surface area (TPSA) is 26.3 Å². The van der Waals surface area contributed by atoms with Crippen molar-refractivity contribution in [1.82, 2.24) is 0 Å². The molecule has 0 bridgehead atoms. The molecule has 0 amide bonds. The minimum atomic E-state index is -0.633. The van der Waals surface area contributed by atoms with Gasteiger partial charge in [-0.3, -0.25) is 4.79 Å². The van der Waals surface area contributed by atoms with Crippen molar-refractivity contribution < 1.29 is 13.9 Å². The monoisotopic (exact) mass is 324 g/mol. The normalized spacial score (nSPS) is 10.9. The van der Waals surface area contributed by atoms with Crippen molar-refractivity contribution >= 4 is 35.1 Å². The summed E-state index contributed by atoms with van der Waals surface area (Å²) in [6, 6.07) is 8.98. The highest BCUT2D eigenvalue weighted by Gasteiger charge is 2.10. The molecule has 21 heavy (non-hydrogen) atoms. The number of allylic oxidation sites excluding steroid dienone is 1. The van der Waals surface area contributed by atoms with Crippen LogP contribution in [0.3, 0.4) is 0 Å². The number of benzene rings is 2. The second-order valence-corrected chi connectivity index (χ2v) is 5.05. The average molecular weight is 325 g/mol. The Morgan fingerprint density at radius 3 is 2.57 bits per heavy atom. The van der Waals surface area contributed by atoms with Gasteiger partial charge in [0.25, 0.3) is 0 Å². The predicted molar refractivity (Wildman–Crippen MR) is 82.8 cm³/mol. The lowest BCUT2D eigenvalue weighted by atomic mass is 10.1. The van der Waals surface area contributed by atoms with Crippen molar-refractivity contribution in [1.29, 1.82) is 0 Å². The number of rotatable bonds is 4. The number of ketones is 1. The lowest BCUT2D eigenvalue weighted by Gasteiger charge is -2.03. The van der Waals surface area contributed by atoms with Gasteiger partial charge in [-0.2, -0.15) is 0 Å². The van der Waals surface area contributed by atoms with E-state index in [0.29, 0.717) is 21.4 Å². The van der Waals surface area contributed by atoms with Crippen molar-refractivity contribution in [3.63, 3.8) is 0 Å². The molecule has 0 saturated heterocycles. The second-order valence-electron chi connectivity index (χ2n) is 4.21. The summed E-state index contributed by atoms with van der Waals surface area (Å²) in [6.45, 7) is 0. The van der Waals surface area contributed by atoms with Crippen LogP contribution in [0.1, 0.15) is 15.9 Å². The molecule has 0 aliphatic heterocycles. The van der Waals surface area contributed by atoms with Crippen molar-refractivity contribution in [3.8, 4) is 5.75 Å². The third kappa shape index (κ3) is 3.84. The van der Waals surface area contributed by atoms with E-state index < -0.39 is 11.6 Å². The number of hydrogen-bond acceptors (Lipinski definition) is 2. The molecule has 0 unspecified atom stereocenters. The highest BCUT2D eigenvalue weighted by molar-refractivity contribution is 6.35. The van der Waals surface area contributed by atoms with E-state index in [1.807, 2.05) is 0 Å². The molecule has 5 heteroatoms. The molecule has 108 valence electrons. The third-order valence-corrected chi connectivity index (χ3v) is 3.38. The van der Waals surface area contributed by atoms with Crippen LogP contribution >= 0.6 is 23.2 Å². The van der Waals surface area contributed by atoms with Gasteiger partial charge in [-0.1, -0.05) is 29.3 Å². The Hall–Kier alpha value is -1.84. The van der Waals surface area contributed by atoms with E-state index in [1.54, 1.807) is 18.2 Å². The maximum absolute atomic E-state index is 13.8. The standard InChI is InChI=1S/C16H11Cl2FO2/c1-21-12-5-6-13(15(19)9-12)16(20)7-3-10-2-4-11(17)8-14(10)18/h2-9H,1H3. The number of hydrogen-bond donors (Lipinski definition) is 0. The Morgan fingerprint density at radius 2 is 1.95 bits per heavy atom. The maximum Gasteiger partial charge on any atom is 0.188 e. The number of methoxy groups -OCH3 is 1. The minimum absolute atomic E-state index is 0.0304. The van der Waals surface area contributed by atoms with Crippen LogP contribution in [-0.2, 0) is 0 Å². The van der Waals surface area contributed by atoms with Gasteiger partial charge in [-0.15, -0.1) is 0 Å². The lowest BCUT2D eigenvalue weighted by molar-refractivity contribution is 0.104. The van der Waals surface area contributed by atoms with E-state index in [1.165, 1.54) is 31.4 Å². The van der Waals surface area contributed by atoms with E-state index in [-0.39, 0.29) is 5.56 Å². The molecular weight excluding hydrogens is 314 g/mol. The highest BCUT2D eigenvalue weighted by atomic mass is 35.5. The summed E-state index contributed by atoms with van der Waals surface area (Å²) in [4.78, 5) is 12.0. The van der Waals surface area contributed by atoms with E-state index in [0.717, 1.165) is 6.07 Å². The van der Waals surface area contributed by atoms with Gasteiger partial charge in [-0.25, -0.2) is 4.39 Å². The smallest absolute Gasteiger partial charge is 0.188 e. The van der Waals surface area contributed by atoms with Gasteiger partial charge in [0.15, 0.2) is 5.78 Å². The summed E-state index contributed by atoms with van der Waals surface area (Å²) in [5, 5.41) is 0.923. The fourth-order valence-electron chi connectivity index (χ4n) is 1.71. The van der Waals surface area contributed by atoms with Gasteiger partial charge in [0.1, 0.15) is 11.6 Å². The van der Waals surface area contributed by atoms with Crippen LogP contribution in [0, 0.1) is 5.82 Å². The summed E-state index contributed by atoms with van der Waals surface area (Å²) in [6.07, 6.45) is 2.78. The van der Waals surface area contributed by atoms with Gasteiger partial charge >= 0.3 is 0 Å². The van der Waals surface area contributed by atoms with Gasteiger partial charge < -0.3 is 4.74 Å². The molecule has 2 rings (SSSR count). The molecule has 0 heterocycles. The Labute approximate surface area is 131 Å². The van der Waals surface area contributed by atoms with Crippen LogP contribution in [0.15, 0.2) is 42.5 Å². The molecule has 0 aliphatic rings. The molecule has 0 N–H and O–H groups in total. The molecule has 2 aromatic rings. The summed E-state index contributed by atoms with van der Waals surface area (Å²) in [5.41, 5.74) is 0.598. The maximum atomic E-state index is 13.8. The fraction of sp³-hybridized carbons (Fsp3) is 0.0625. The van der Waals surface area contributed by atoms with Gasteiger partial charge in [0.2, 0.25) is 0 Å². The summed E-state index contributed by atoms with van der Waals surface area (Å²) in [5.74, 6) is -0.735. The van der Waals surface area contributed by atoms with E-state index in [4.69, 9.17) is 27.9 Å². The summed E-state index contributed by atoms with van der Waals surface area (Å²) < 4.78 is 18.7. The fourth-order valence-corrected chi connectivity index (χ4v) is 2.19. The predicted octanol–water partition coefficient (Wildman–Crippen LogP) is 5.04. The van der Waals surface area contributed by atoms with Gasteiger partial charge in [-0.05, 0) is 42.0 Å². The molecule has 0 saturated carbocycles. The molecule has 0 aromatic heterocycles. The Morgan fingerprint density at radius 1 is 1.19 bits per heavy atom. The van der Waals surface area contributed by atoms with Crippen LogP contribution in [0.5, 0.6) is 5.75 Å². The van der Waals surface area contributed by atoms with Crippen LogP contribution in [0.25, 0.3) is 6.08 Å². The number of ether oxygens (including phenoxy) is 1. The van der Waals surface area contributed by atoms with Crippen LogP contribution in [-0.4, -0.2) is 12.9 Å².